The minimum absolute atomic E-state index is 0.148. The maximum Gasteiger partial charge on any atom is 0.390 e. The third-order valence-corrected chi connectivity index (χ3v) is 4.13. The van der Waals surface area contributed by atoms with Crippen LogP contribution in [0.3, 0.4) is 0 Å². The van der Waals surface area contributed by atoms with Gasteiger partial charge in [-0.3, -0.25) is 0 Å². The van der Waals surface area contributed by atoms with E-state index in [4.69, 9.17) is 5.73 Å². The van der Waals surface area contributed by atoms with Crippen molar-refractivity contribution in [2.75, 3.05) is 31.3 Å². The molecule has 0 bridgehead atoms. The molecule has 9 heteroatoms. The Labute approximate surface area is 115 Å². The lowest BCUT2D eigenvalue weighted by Gasteiger charge is -2.23. The molecule has 0 aromatic heterocycles. The average Bonchev–Trinajstić information content (AvgIpc) is 2.35. The smallest absolute Gasteiger partial charge is 0.390 e. The van der Waals surface area contributed by atoms with E-state index in [-0.39, 0.29) is 22.8 Å². The quantitative estimate of drug-likeness (QED) is 0.809. The van der Waals surface area contributed by atoms with E-state index in [1.807, 2.05) is 0 Å². The van der Waals surface area contributed by atoms with Crippen LogP contribution in [0.25, 0.3) is 0 Å². The Morgan fingerprint density at radius 1 is 1.35 bits per heavy atom. The average molecular weight is 311 g/mol. The first-order valence-corrected chi connectivity index (χ1v) is 7.16. The third-order valence-electron chi connectivity index (χ3n) is 2.68. The number of alkyl halides is 3. The van der Waals surface area contributed by atoms with Crippen LogP contribution in [-0.2, 0) is 10.0 Å². The molecule has 0 atom stereocenters. The highest BCUT2D eigenvalue weighted by atomic mass is 32.2. The molecule has 0 heterocycles. The van der Waals surface area contributed by atoms with Crippen LogP contribution in [0.15, 0.2) is 23.1 Å². The summed E-state index contributed by atoms with van der Waals surface area (Å²) in [6, 6.07) is 4.04. The van der Waals surface area contributed by atoms with Crippen molar-refractivity contribution in [2.24, 2.45) is 0 Å². The topological polar surface area (TPSA) is 75.4 Å². The standard InChI is InChI=1S/C11H16F3N3O2S/c1-16-20(18,19)10-7-8(15)3-4-9(10)17(2)6-5-11(12,13)14/h3-4,7,16H,5-6,15H2,1-2H3. The molecule has 1 aromatic carbocycles. The van der Waals surface area contributed by atoms with Crippen molar-refractivity contribution in [3.05, 3.63) is 18.2 Å². The number of rotatable bonds is 5. The summed E-state index contributed by atoms with van der Waals surface area (Å²) in [6.07, 6.45) is -5.34. The number of hydrogen-bond acceptors (Lipinski definition) is 4. The molecule has 0 amide bonds. The van der Waals surface area contributed by atoms with Crippen LogP contribution in [0.4, 0.5) is 24.5 Å². The molecule has 1 rings (SSSR count). The molecule has 0 saturated heterocycles. The van der Waals surface area contributed by atoms with Crippen molar-refractivity contribution in [3.63, 3.8) is 0 Å². The molecule has 0 saturated carbocycles. The molecule has 20 heavy (non-hydrogen) atoms. The van der Waals surface area contributed by atoms with Gasteiger partial charge in [-0.2, -0.15) is 13.2 Å². The van der Waals surface area contributed by atoms with Gasteiger partial charge in [-0.15, -0.1) is 0 Å². The summed E-state index contributed by atoms with van der Waals surface area (Å²) in [6.45, 7) is -0.348. The Kier molecular flexibility index (Phi) is 4.87. The lowest BCUT2D eigenvalue weighted by atomic mass is 10.2. The maximum absolute atomic E-state index is 12.2. The minimum atomic E-state index is -4.30. The van der Waals surface area contributed by atoms with Crippen molar-refractivity contribution in [1.29, 1.82) is 0 Å². The normalized spacial score (nSPS) is 12.4. The molecular weight excluding hydrogens is 295 g/mol. The van der Waals surface area contributed by atoms with Gasteiger partial charge in [0.05, 0.1) is 12.1 Å². The van der Waals surface area contributed by atoms with Gasteiger partial charge < -0.3 is 10.6 Å². The number of anilines is 2. The Bertz CT molecular complexity index is 573. The molecule has 0 spiro atoms. The largest absolute Gasteiger partial charge is 0.399 e. The van der Waals surface area contributed by atoms with E-state index in [0.717, 1.165) is 0 Å². The van der Waals surface area contributed by atoms with Crippen LogP contribution in [-0.4, -0.2) is 35.2 Å². The SMILES string of the molecule is CNS(=O)(=O)c1cc(N)ccc1N(C)CCC(F)(F)F. The predicted octanol–water partition coefficient (Wildman–Crippen LogP) is 1.57. The molecule has 5 nitrogen and oxygen atoms in total. The van der Waals surface area contributed by atoms with Crippen LogP contribution in [0.2, 0.25) is 0 Å². The van der Waals surface area contributed by atoms with E-state index in [1.165, 1.54) is 37.2 Å². The number of hydrogen-bond donors (Lipinski definition) is 2. The number of nitrogens with zero attached hydrogens (tertiary/aromatic N) is 1. The van der Waals surface area contributed by atoms with Gasteiger partial charge in [0.25, 0.3) is 0 Å². The number of benzene rings is 1. The maximum atomic E-state index is 12.2. The van der Waals surface area contributed by atoms with Crippen LogP contribution in [0, 0.1) is 0 Å². The van der Waals surface area contributed by atoms with E-state index in [1.54, 1.807) is 0 Å². The fraction of sp³-hybridized carbons (Fsp3) is 0.455. The molecule has 0 aliphatic rings. The molecule has 0 fully saturated rings. The molecule has 114 valence electrons. The first-order chi connectivity index (χ1) is 9.07. The second-order valence-corrected chi connectivity index (χ2v) is 6.08. The zero-order valence-corrected chi connectivity index (χ0v) is 11.8. The van der Waals surface area contributed by atoms with Crippen molar-refractivity contribution < 1.29 is 21.6 Å². The molecule has 1 aromatic rings. The van der Waals surface area contributed by atoms with Crippen LogP contribution >= 0.6 is 0 Å². The Balaban J connectivity index is 3.12. The van der Waals surface area contributed by atoms with Gasteiger partial charge in [-0.1, -0.05) is 0 Å². The van der Waals surface area contributed by atoms with Gasteiger partial charge in [-0.25, -0.2) is 13.1 Å². The fourth-order valence-electron chi connectivity index (χ4n) is 1.59. The number of sulfonamides is 1. The molecule has 0 aliphatic carbocycles. The first kappa shape index (κ1) is 16.6. The second kappa shape index (κ2) is 5.88. The minimum Gasteiger partial charge on any atom is -0.399 e. The monoisotopic (exact) mass is 311 g/mol. The zero-order valence-electron chi connectivity index (χ0n) is 11.0. The van der Waals surface area contributed by atoms with Gasteiger partial charge in [0.1, 0.15) is 4.90 Å². The fourth-order valence-corrected chi connectivity index (χ4v) is 2.60. The van der Waals surface area contributed by atoms with Crippen LogP contribution < -0.4 is 15.4 Å². The van der Waals surface area contributed by atoms with Crippen LogP contribution in [0.5, 0.6) is 0 Å². The van der Waals surface area contributed by atoms with Gasteiger partial charge in [0, 0.05) is 19.3 Å². The third kappa shape index (κ3) is 4.27. The highest BCUT2D eigenvalue weighted by Crippen LogP contribution is 2.28. The number of halogens is 3. The van der Waals surface area contributed by atoms with Gasteiger partial charge in [-0.05, 0) is 25.2 Å². The molecular formula is C11H16F3N3O2S. The second-order valence-electron chi connectivity index (χ2n) is 4.22. The summed E-state index contributed by atoms with van der Waals surface area (Å²) in [4.78, 5) is 1.08. The number of nitrogens with two attached hydrogens (primary N) is 1. The molecule has 0 aliphatic heterocycles. The van der Waals surface area contributed by atoms with Gasteiger partial charge >= 0.3 is 6.18 Å². The highest BCUT2D eigenvalue weighted by Gasteiger charge is 2.28. The first-order valence-electron chi connectivity index (χ1n) is 5.68. The predicted molar refractivity (Wildman–Crippen MR) is 71.0 cm³/mol. The Morgan fingerprint density at radius 3 is 2.45 bits per heavy atom. The number of nitrogens with one attached hydrogen (secondary N) is 1. The van der Waals surface area contributed by atoms with Crippen molar-refractivity contribution in [3.8, 4) is 0 Å². The Hall–Kier alpha value is -1.48. The van der Waals surface area contributed by atoms with Crippen molar-refractivity contribution >= 4 is 21.4 Å². The van der Waals surface area contributed by atoms with E-state index in [2.05, 4.69) is 4.72 Å². The summed E-state index contributed by atoms with van der Waals surface area (Å²) >= 11 is 0. The highest BCUT2D eigenvalue weighted by molar-refractivity contribution is 7.89. The molecule has 3 N–H and O–H groups in total. The summed E-state index contributed by atoms with van der Waals surface area (Å²) in [5.41, 5.74) is 5.91. The summed E-state index contributed by atoms with van der Waals surface area (Å²) in [5.74, 6) is 0. The van der Waals surface area contributed by atoms with Crippen molar-refractivity contribution in [1.82, 2.24) is 4.72 Å². The summed E-state index contributed by atoms with van der Waals surface area (Å²) < 4.78 is 62.5. The summed E-state index contributed by atoms with van der Waals surface area (Å²) in [7, 11) is -1.19. The van der Waals surface area contributed by atoms with E-state index < -0.39 is 22.6 Å². The van der Waals surface area contributed by atoms with E-state index in [9.17, 15) is 21.6 Å². The van der Waals surface area contributed by atoms with E-state index >= 15 is 0 Å². The van der Waals surface area contributed by atoms with E-state index in [0.29, 0.717) is 0 Å². The molecule has 0 radical (unpaired) electrons. The van der Waals surface area contributed by atoms with Crippen molar-refractivity contribution in [2.45, 2.75) is 17.5 Å². The lowest BCUT2D eigenvalue weighted by Crippen LogP contribution is -2.27. The zero-order chi connectivity index (χ0) is 15.6. The summed E-state index contributed by atoms with van der Waals surface area (Å²) in [5, 5.41) is 0. The Morgan fingerprint density at radius 2 is 1.95 bits per heavy atom. The lowest BCUT2D eigenvalue weighted by molar-refractivity contribution is -0.132. The number of nitrogen functional groups attached to an aromatic ring is 1. The van der Waals surface area contributed by atoms with Crippen LogP contribution in [0.1, 0.15) is 6.42 Å². The van der Waals surface area contributed by atoms with Gasteiger partial charge in [0.15, 0.2) is 0 Å². The van der Waals surface area contributed by atoms with Gasteiger partial charge in [0.2, 0.25) is 10.0 Å². The molecule has 0 unspecified atom stereocenters.